The van der Waals surface area contributed by atoms with E-state index in [9.17, 15) is 39.6 Å². The maximum Gasteiger partial charge on any atom is 0.255 e. The monoisotopic (exact) mass is 544 g/mol. The first-order chi connectivity index (χ1) is 18.2. The van der Waals surface area contributed by atoms with Gasteiger partial charge in [-0.3, -0.25) is 35.3 Å². The van der Waals surface area contributed by atoms with Crippen molar-refractivity contribution in [2.24, 2.45) is 23.4 Å². The smallest absolute Gasteiger partial charge is 0.255 e. The van der Waals surface area contributed by atoms with Crippen molar-refractivity contribution in [1.82, 2.24) is 10.3 Å². The van der Waals surface area contributed by atoms with Gasteiger partial charge < -0.3 is 36.4 Å². The number of aliphatic hydroxyl groups excluding tert-OH is 2. The van der Waals surface area contributed by atoms with Crippen LogP contribution in [0.3, 0.4) is 0 Å². The number of anilines is 2. The van der Waals surface area contributed by atoms with E-state index in [1.54, 1.807) is 19.0 Å². The number of likely N-dealkylation sites (N-methyl/N-ethyl adjacent to an activating group) is 1. The van der Waals surface area contributed by atoms with Gasteiger partial charge in [0.05, 0.1) is 23.8 Å². The highest BCUT2D eigenvalue weighted by atomic mass is 16.3. The zero-order chi connectivity index (χ0) is 29.1. The molecular weight excluding hydrogens is 512 g/mol. The summed E-state index contributed by atoms with van der Waals surface area (Å²) in [5, 5.41) is 47.6. The Kier molecular flexibility index (Phi) is 6.93. The summed E-state index contributed by atoms with van der Waals surface area (Å²) in [7, 11) is 6.50. The lowest BCUT2D eigenvalue weighted by Crippen LogP contribution is -2.65. The fourth-order valence-corrected chi connectivity index (χ4v) is 6.07. The number of primary amides is 1. The minimum atomic E-state index is -2.73. The third kappa shape index (κ3) is 4.03. The van der Waals surface area contributed by atoms with Crippen molar-refractivity contribution in [3.8, 4) is 5.75 Å². The van der Waals surface area contributed by atoms with Crippen LogP contribution < -0.4 is 27.2 Å². The average molecular weight is 545 g/mol. The maximum absolute atomic E-state index is 13.9. The molecule has 0 heterocycles. The number of amides is 2. The Morgan fingerprint density at radius 1 is 1.15 bits per heavy atom. The molecule has 39 heavy (non-hydrogen) atoms. The van der Waals surface area contributed by atoms with E-state index in [4.69, 9.17) is 11.6 Å². The first kappa shape index (κ1) is 28.0. The number of hydrazine groups is 1. The third-order valence-electron chi connectivity index (χ3n) is 7.72. The molecule has 1 saturated carbocycles. The minimum absolute atomic E-state index is 0.0277. The van der Waals surface area contributed by atoms with Gasteiger partial charge in [-0.1, -0.05) is 0 Å². The van der Waals surface area contributed by atoms with Crippen LogP contribution in [0.4, 0.5) is 11.4 Å². The Balaban J connectivity index is 1.97. The molecule has 0 spiro atoms. The summed E-state index contributed by atoms with van der Waals surface area (Å²) in [6.45, 7) is -0.268. The van der Waals surface area contributed by atoms with Crippen LogP contribution in [0.5, 0.6) is 5.75 Å². The van der Waals surface area contributed by atoms with Crippen molar-refractivity contribution in [3.05, 3.63) is 34.1 Å². The van der Waals surface area contributed by atoms with Crippen LogP contribution in [0, 0.1) is 11.8 Å². The Morgan fingerprint density at radius 2 is 1.79 bits per heavy atom. The number of carbonyl (C=O) groups is 4. The van der Waals surface area contributed by atoms with Gasteiger partial charge in [0.2, 0.25) is 11.7 Å². The normalized spacial score (nSPS) is 26.3. The van der Waals surface area contributed by atoms with Gasteiger partial charge in [0.15, 0.2) is 11.4 Å². The zero-order valence-electron chi connectivity index (χ0n) is 21.9. The van der Waals surface area contributed by atoms with E-state index < -0.39 is 69.7 Å². The van der Waals surface area contributed by atoms with Crippen LogP contribution in [0.25, 0.3) is 5.76 Å². The number of benzene rings is 1. The number of phenols is 1. The summed E-state index contributed by atoms with van der Waals surface area (Å²) in [6.07, 6.45) is 0.0915. The first-order valence-corrected chi connectivity index (χ1v) is 12.1. The number of phenolic OH excluding ortho intramolecular Hbond substituents is 1. The van der Waals surface area contributed by atoms with Crippen molar-refractivity contribution >= 4 is 40.5 Å². The zero-order valence-corrected chi connectivity index (χ0v) is 21.9. The second-order valence-electron chi connectivity index (χ2n) is 10.4. The summed E-state index contributed by atoms with van der Waals surface area (Å²) >= 11 is 0. The molecule has 4 atom stereocenters. The van der Waals surface area contributed by atoms with Crippen LogP contribution in [0.2, 0.25) is 0 Å². The SMILES string of the molecule is CN(C)c1cc(NC(=O)CNN)c(O)c2c1CC1C[C@H]3[C@H](N(C)C)C(=O)C(C(N)=O)=C(O)[C@@]3(O)C(=O)C1=C2O. The van der Waals surface area contributed by atoms with Gasteiger partial charge in [-0.25, -0.2) is 0 Å². The highest BCUT2D eigenvalue weighted by Crippen LogP contribution is 2.54. The lowest BCUT2D eigenvalue weighted by Gasteiger charge is -2.50. The molecule has 14 nitrogen and oxygen atoms in total. The fraction of sp³-hybridized carbons (Fsp3) is 0.440. The van der Waals surface area contributed by atoms with Gasteiger partial charge in [-0.2, -0.15) is 0 Å². The summed E-state index contributed by atoms with van der Waals surface area (Å²) in [5.74, 6) is -2.85. The molecule has 0 radical (unpaired) electrons. The molecule has 10 N–H and O–H groups in total. The largest absolute Gasteiger partial charge is 0.508 e. The van der Waals surface area contributed by atoms with Crippen molar-refractivity contribution in [1.29, 1.82) is 0 Å². The highest BCUT2D eigenvalue weighted by molar-refractivity contribution is 6.24. The number of Topliss-reactive ketones (excluding diaryl/α,β-unsaturated/α-hetero) is 2. The van der Waals surface area contributed by atoms with Gasteiger partial charge >= 0.3 is 0 Å². The molecule has 210 valence electrons. The quantitative estimate of drug-likeness (QED) is 0.0878. The van der Waals surface area contributed by atoms with Crippen molar-refractivity contribution < 1.29 is 39.6 Å². The molecule has 0 saturated heterocycles. The Hall–Kier alpha value is -3.98. The summed E-state index contributed by atoms with van der Waals surface area (Å²) in [6, 6.07) is 0.348. The number of hydrogen-bond donors (Lipinski definition) is 8. The number of hydrogen-bond acceptors (Lipinski definition) is 12. The number of ketones is 2. The van der Waals surface area contributed by atoms with Crippen LogP contribution in [-0.2, 0) is 25.6 Å². The van der Waals surface area contributed by atoms with E-state index in [-0.39, 0.29) is 36.2 Å². The number of rotatable bonds is 6. The molecule has 0 aliphatic heterocycles. The molecule has 4 rings (SSSR count). The molecule has 1 unspecified atom stereocenters. The molecule has 0 bridgehead atoms. The summed E-state index contributed by atoms with van der Waals surface area (Å²) in [5.41, 5.74) is 4.45. The van der Waals surface area contributed by atoms with Crippen LogP contribution in [0.1, 0.15) is 17.5 Å². The van der Waals surface area contributed by atoms with Gasteiger partial charge in [-0.05, 0) is 44.5 Å². The number of nitrogens with zero attached hydrogens (tertiary/aromatic N) is 2. The van der Waals surface area contributed by atoms with E-state index in [0.29, 0.717) is 11.3 Å². The topological polar surface area (TPSA) is 232 Å². The van der Waals surface area contributed by atoms with Crippen molar-refractivity contribution in [3.63, 3.8) is 0 Å². The van der Waals surface area contributed by atoms with E-state index in [1.165, 1.54) is 25.1 Å². The van der Waals surface area contributed by atoms with E-state index >= 15 is 0 Å². The van der Waals surface area contributed by atoms with Crippen molar-refractivity contribution in [2.45, 2.75) is 24.5 Å². The van der Waals surface area contributed by atoms with E-state index in [0.717, 1.165) is 0 Å². The third-order valence-corrected chi connectivity index (χ3v) is 7.72. The molecule has 0 aromatic heterocycles. The van der Waals surface area contributed by atoms with Gasteiger partial charge in [-0.15, -0.1) is 0 Å². The molecule has 3 aliphatic rings. The number of nitrogens with one attached hydrogen (secondary N) is 2. The Labute approximate surface area is 223 Å². The van der Waals surface area contributed by atoms with Crippen molar-refractivity contribution in [2.75, 3.05) is 45.0 Å². The standard InChI is InChI=1S/C25H32N6O8/c1-30(2)13-7-12(29-14(32)8-28-27)19(33)16-10(13)5-9-6-11-18(31(3)4)21(35)17(24(26)38)23(37)25(11,39)22(36)15(9)20(16)34/h7,9,11,18,28,33-34,37,39H,5-6,8,27H2,1-4H3,(H2,26,38)(H,29,32)/t9?,11-,18-,25-/m0/s1. The molecule has 3 aliphatic carbocycles. The van der Waals surface area contributed by atoms with Gasteiger partial charge in [0.25, 0.3) is 5.91 Å². The second-order valence-corrected chi connectivity index (χ2v) is 10.4. The predicted molar refractivity (Wildman–Crippen MR) is 139 cm³/mol. The Morgan fingerprint density at radius 3 is 2.33 bits per heavy atom. The van der Waals surface area contributed by atoms with Crippen LogP contribution in [-0.4, -0.2) is 95.1 Å². The minimum Gasteiger partial charge on any atom is -0.508 e. The molecule has 1 fully saturated rings. The number of aromatic hydroxyl groups is 1. The second kappa shape index (κ2) is 9.64. The van der Waals surface area contributed by atoms with Crippen LogP contribution in [0.15, 0.2) is 23.0 Å². The van der Waals surface area contributed by atoms with Crippen LogP contribution >= 0.6 is 0 Å². The number of nitrogens with two attached hydrogens (primary N) is 2. The highest BCUT2D eigenvalue weighted by Gasteiger charge is 2.64. The fourth-order valence-electron chi connectivity index (χ4n) is 6.07. The van der Waals surface area contributed by atoms with Gasteiger partial charge in [0.1, 0.15) is 22.8 Å². The molecular formula is C25H32N6O8. The molecule has 2 amide bonds. The predicted octanol–water partition coefficient (Wildman–Crippen LogP) is -1.57. The summed E-state index contributed by atoms with van der Waals surface area (Å²) in [4.78, 5) is 54.5. The lowest BCUT2D eigenvalue weighted by atomic mass is 9.57. The number of aliphatic hydroxyl groups is 3. The number of carbonyl (C=O) groups excluding carboxylic acids is 4. The van der Waals surface area contributed by atoms with E-state index in [2.05, 4.69) is 10.7 Å². The number of fused-ring (bicyclic) bond motifs is 3. The first-order valence-electron chi connectivity index (χ1n) is 12.1. The molecule has 1 aromatic carbocycles. The van der Waals surface area contributed by atoms with Gasteiger partial charge in [0, 0.05) is 31.3 Å². The lowest BCUT2D eigenvalue weighted by molar-refractivity contribution is -0.153. The van der Waals surface area contributed by atoms with E-state index in [1.807, 2.05) is 0 Å². The Bertz CT molecular complexity index is 1370. The molecule has 1 aromatic rings. The molecule has 14 heteroatoms. The maximum atomic E-state index is 13.9. The average Bonchev–Trinajstić information content (AvgIpc) is 2.82. The summed E-state index contributed by atoms with van der Waals surface area (Å²) < 4.78 is 0.